The number of likely N-dealkylation sites (N-methyl/N-ethyl adjacent to an activating group) is 6. The first-order valence-electron chi connectivity index (χ1n) is 37.1. The van der Waals surface area contributed by atoms with E-state index in [-0.39, 0.29) is 83.0 Å². The normalized spacial score (nSPS) is 26.9. The van der Waals surface area contributed by atoms with Gasteiger partial charge in [-0.2, -0.15) is 13.2 Å². The number of alkyl halides is 3. The van der Waals surface area contributed by atoms with Crippen molar-refractivity contribution in [1.29, 1.82) is 0 Å². The van der Waals surface area contributed by atoms with Gasteiger partial charge in [-0.3, -0.25) is 57.5 Å². The molecular weight excluding hydrogens is 1370 g/mol. The van der Waals surface area contributed by atoms with Crippen molar-refractivity contribution in [3.8, 4) is 0 Å². The second-order valence-electron chi connectivity index (χ2n) is 30.1. The van der Waals surface area contributed by atoms with E-state index in [2.05, 4.69) is 16.0 Å². The Labute approximate surface area is 612 Å². The first-order valence-corrected chi connectivity index (χ1v) is 37.1. The second kappa shape index (κ2) is 35.4. The lowest BCUT2D eigenvalue weighted by Crippen LogP contribution is -2.74. The number of halogens is 5. The van der Waals surface area contributed by atoms with Gasteiger partial charge in [0.1, 0.15) is 71.6 Å². The Bertz CT molecular complexity index is 3500. The number of carbonyl (C=O) groups is 12. The highest BCUT2D eigenvalue weighted by molar-refractivity contribution is 6.00. The Kier molecular flexibility index (Phi) is 27.8. The number of fused-ring (bicyclic) bond motifs is 3. The summed E-state index contributed by atoms with van der Waals surface area (Å²) in [6.45, 7) is 11.3. The quantitative estimate of drug-likeness (QED) is 0.236. The maximum absolute atomic E-state index is 15.6. The van der Waals surface area contributed by atoms with Crippen LogP contribution in [0.15, 0.2) is 36.4 Å². The van der Waals surface area contributed by atoms with Gasteiger partial charge in [0.15, 0.2) is 0 Å². The minimum Gasteiger partial charge on any atom is -0.378 e. The lowest BCUT2D eigenvalue weighted by molar-refractivity contribution is -0.176. The molecule has 0 aromatic heterocycles. The number of morpholine rings is 1. The van der Waals surface area contributed by atoms with E-state index in [1.54, 1.807) is 30.9 Å². The summed E-state index contributed by atoms with van der Waals surface area (Å²) in [5.41, 5.74) is -1.72. The number of aryl methyl sites for hydroxylation is 2. The Morgan fingerprint density at radius 3 is 1.90 bits per heavy atom. The average Bonchev–Trinajstić information content (AvgIpc) is 1.55. The average molecular weight is 1480 g/mol. The zero-order chi connectivity index (χ0) is 77.3. The van der Waals surface area contributed by atoms with E-state index in [9.17, 15) is 32.3 Å². The van der Waals surface area contributed by atoms with Gasteiger partial charge >= 0.3 is 6.18 Å². The van der Waals surface area contributed by atoms with E-state index in [0.29, 0.717) is 62.6 Å². The summed E-state index contributed by atoms with van der Waals surface area (Å²) in [6.07, 6.45) is -1.22. The van der Waals surface area contributed by atoms with Crippen molar-refractivity contribution in [2.24, 2.45) is 17.8 Å². The summed E-state index contributed by atoms with van der Waals surface area (Å²) in [4.78, 5) is 192. The van der Waals surface area contributed by atoms with Crippen LogP contribution in [-0.2, 0) is 81.3 Å². The van der Waals surface area contributed by atoms with Crippen LogP contribution in [0.2, 0.25) is 0 Å². The van der Waals surface area contributed by atoms with Gasteiger partial charge in [0.05, 0.1) is 32.7 Å². The third-order valence-electron chi connectivity index (χ3n) is 22.7. The fraction of sp³-hybridized carbons (Fsp3) is 0.680. The summed E-state index contributed by atoms with van der Waals surface area (Å²) in [5, 5.41) is 8.17. The number of benzene rings is 2. The summed E-state index contributed by atoms with van der Waals surface area (Å²) < 4.78 is 77.0. The molecule has 30 heteroatoms. The molecule has 2 aliphatic carbocycles. The number of amides is 12. The van der Waals surface area contributed by atoms with Gasteiger partial charge < -0.3 is 64.8 Å². The topological polar surface area (TPSA) is 279 Å². The molecule has 10 atom stereocenters. The first-order chi connectivity index (χ1) is 49.5. The van der Waals surface area contributed by atoms with E-state index in [1.165, 1.54) is 66.7 Å². The minimum atomic E-state index is -5.40. The number of rotatable bonds is 12. The van der Waals surface area contributed by atoms with Gasteiger partial charge in [-0.1, -0.05) is 89.6 Å². The van der Waals surface area contributed by atoms with E-state index in [1.807, 2.05) is 39.8 Å². The van der Waals surface area contributed by atoms with Crippen LogP contribution in [0.3, 0.4) is 0 Å². The van der Waals surface area contributed by atoms with E-state index >= 15 is 47.1 Å². The zero-order valence-corrected chi connectivity index (χ0v) is 62.8. The molecule has 0 unspecified atom stereocenters. The number of hydrogen-bond donors (Lipinski definition) is 3. The van der Waals surface area contributed by atoms with Crippen molar-refractivity contribution in [2.75, 3.05) is 87.7 Å². The molecule has 1 spiro atoms. The molecule has 8 rings (SSSR count). The molecule has 6 fully saturated rings. The van der Waals surface area contributed by atoms with Gasteiger partial charge in [0, 0.05) is 79.8 Å². The monoisotopic (exact) mass is 1480 g/mol. The molecule has 25 nitrogen and oxygen atoms in total. The lowest BCUT2D eigenvalue weighted by Gasteiger charge is -2.58. The molecule has 3 N–H and O–H groups in total. The van der Waals surface area contributed by atoms with Crippen LogP contribution in [0.1, 0.15) is 160 Å². The molecule has 580 valence electrons. The molecule has 2 aromatic carbocycles. The van der Waals surface area contributed by atoms with Crippen LogP contribution in [-0.4, -0.2) is 263 Å². The molecule has 6 aliphatic rings. The van der Waals surface area contributed by atoms with Crippen molar-refractivity contribution in [1.82, 2.24) is 60.0 Å². The number of nitrogens with one attached hydrogen (secondary N) is 3. The van der Waals surface area contributed by atoms with Gasteiger partial charge in [0.2, 0.25) is 70.9 Å². The number of carbonyl (C=O) groups excluding carboxylic acids is 12. The highest BCUT2D eigenvalue weighted by Crippen LogP contribution is 2.50. The molecule has 2 aromatic rings. The number of nitrogens with zero attached hydrogens (tertiary/aromatic N) is 9. The summed E-state index contributed by atoms with van der Waals surface area (Å²) in [5.74, 6) is -13.7. The van der Waals surface area contributed by atoms with E-state index < -0.39 is 198 Å². The highest BCUT2D eigenvalue weighted by atomic mass is 19.4. The van der Waals surface area contributed by atoms with Crippen LogP contribution in [0.5, 0.6) is 0 Å². The Morgan fingerprint density at radius 2 is 1.30 bits per heavy atom. The van der Waals surface area contributed by atoms with Crippen molar-refractivity contribution in [3.63, 3.8) is 0 Å². The standard InChI is InChI=1S/C75H107F5N12O13/c1-13-46(6)63-72(103)85(9)47(7)67(98)92-58(41-74(92)29-17-18-30-74)71(102)90(14-2)57(39-48-25-23-45(5)24-26-48)69(100)84(8)43-59(93)82-53(28-27-49-37-51(76)62(52(77)38-49)75(78,79)80)68(99)91-31-19-22-54(91)65(96)81-42-61(95)88(12)64(50-20-15-16-21-50)73(104)87(11)56(70(101)89-32-34-105-35-33-89)40-60(94)86(10)55(36-44(3)4)66(97)83-63/h23-26,37-38,44,46-47,50,53-58,63-64H,13-22,27-36,39-43H2,1-12H3,(H,81,96)(H,82,93)(H,83,97)/t46-,47-,53-,54-,55-,56-,57-,58-,63-,64-/m0/s1. The molecule has 105 heavy (non-hydrogen) atoms. The lowest BCUT2D eigenvalue weighted by atomic mass is 9.75. The van der Waals surface area contributed by atoms with Crippen LogP contribution >= 0.6 is 0 Å². The first kappa shape index (κ1) is 82.3. The maximum atomic E-state index is 15.6. The van der Waals surface area contributed by atoms with Crippen molar-refractivity contribution in [3.05, 3.63) is 70.3 Å². The SMILES string of the molecule is CC[C@H](C)[C@@H]1NC(=O)[C@H](CC(C)C)N(C)C(=O)C[C@@H](C(=O)N2CCOCC2)N(C)C(=O)[C@H](C2CCCC2)N(C)C(=O)CNC(=O)[C@@H]2CCCN2C(=O)[C@H](CCc2cc(F)c(C(F)(F)F)c(F)c2)NC(=O)CN(C)C(=O)[C@H](Cc2ccc(C)cc2)N(CC)C(=O)[C@@H]2CC3(CCCC3)N2C(=O)[C@H](C)N(C)C1=O. The molecule has 0 bridgehead atoms. The molecule has 2 saturated carbocycles. The van der Waals surface area contributed by atoms with E-state index in [0.717, 1.165) is 33.1 Å². The summed E-state index contributed by atoms with van der Waals surface area (Å²) in [7, 11) is 6.90. The van der Waals surface area contributed by atoms with Gasteiger partial charge in [-0.25, -0.2) is 8.78 Å². The largest absolute Gasteiger partial charge is 0.422 e. The highest BCUT2D eigenvalue weighted by Gasteiger charge is 2.60. The molecular formula is C75H107F5N12O13. The van der Waals surface area contributed by atoms with Crippen molar-refractivity contribution in [2.45, 2.75) is 224 Å². The van der Waals surface area contributed by atoms with Crippen LogP contribution < -0.4 is 16.0 Å². The maximum Gasteiger partial charge on any atom is 0.422 e. The fourth-order valence-corrected chi connectivity index (χ4v) is 16.1. The van der Waals surface area contributed by atoms with Crippen molar-refractivity contribution < 1.29 is 84.2 Å². The van der Waals surface area contributed by atoms with E-state index in [4.69, 9.17) is 4.74 Å². The molecule has 4 saturated heterocycles. The Hall–Kier alpha value is -8.31. The fourth-order valence-electron chi connectivity index (χ4n) is 16.1. The third-order valence-corrected chi connectivity index (χ3v) is 22.7. The molecule has 12 amide bonds. The molecule has 4 heterocycles. The van der Waals surface area contributed by atoms with Crippen LogP contribution in [0, 0.1) is 36.3 Å². The van der Waals surface area contributed by atoms with Crippen molar-refractivity contribution >= 4 is 70.9 Å². The number of hydrogen-bond acceptors (Lipinski definition) is 13. The van der Waals surface area contributed by atoms with Crippen LogP contribution in [0.4, 0.5) is 22.0 Å². The Morgan fingerprint density at radius 1 is 0.676 bits per heavy atom. The zero-order valence-electron chi connectivity index (χ0n) is 62.8. The summed E-state index contributed by atoms with van der Waals surface area (Å²) >= 11 is 0. The molecule has 4 aliphatic heterocycles. The molecule has 0 radical (unpaired) electrons. The van der Waals surface area contributed by atoms with Gasteiger partial charge in [-0.05, 0) is 120 Å². The number of ether oxygens (including phenoxy) is 1. The smallest absolute Gasteiger partial charge is 0.378 e. The Balaban J connectivity index is 1.19. The minimum absolute atomic E-state index is 0.0370. The third kappa shape index (κ3) is 18.9. The van der Waals surface area contributed by atoms with Crippen LogP contribution in [0.25, 0.3) is 0 Å². The van der Waals surface area contributed by atoms with Gasteiger partial charge in [-0.15, -0.1) is 0 Å². The summed E-state index contributed by atoms with van der Waals surface area (Å²) in [6, 6.07) is -3.73. The van der Waals surface area contributed by atoms with Gasteiger partial charge in [0.25, 0.3) is 0 Å². The predicted octanol–water partition coefficient (Wildman–Crippen LogP) is 5.01. The predicted molar refractivity (Wildman–Crippen MR) is 376 cm³/mol. The second-order valence-corrected chi connectivity index (χ2v) is 30.1.